The smallest absolute Gasteiger partial charge is 0.456 e. The predicted octanol–water partition coefficient (Wildman–Crippen LogP) is 12.1. The molecular formula is C45H96N2O6Si3. The van der Waals surface area contributed by atoms with E-state index < -0.39 is 25.4 Å². The number of ether oxygens (including phenoxy) is 2. The number of unbranched alkanes of at least 4 members (excludes halogenated alkanes) is 9. The van der Waals surface area contributed by atoms with Crippen molar-refractivity contribution in [3.8, 4) is 0 Å². The van der Waals surface area contributed by atoms with E-state index in [2.05, 4.69) is 112 Å². The van der Waals surface area contributed by atoms with Crippen LogP contribution in [-0.2, 0) is 26.9 Å². The fraction of sp³-hybridized carbons (Fsp3) is 0.956. The number of hydrogen-bond acceptors (Lipinski definition) is 8. The molecule has 0 unspecified atom stereocenters. The molecule has 0 aliphatic carbocycles. The molecule has 2 rings (SSSR count). The summed E-state index contributed by atoms with van der Waals surface area (Å²) >= 11 is 0. The molecule has 0 atom stereocenters. The van der Waals surface area contributed by atoms with Crippen LogP contribution in [0.4, 0.5) is 0 Å². The Labute approximate surface area is 352 Å². The molecule has 2 aliphatic rings. The van der Waals surface area contributed by atoms with Crippen molar-refractivity contribution >= 4 is 25.4 Å². The summed E-state index contributed by atoms with van der Waals surface area (Å²) in [4.78, 5) is 5.03. The van der Waals surface area contributed by atoms with Gasteiger partial charge in [-0.3, -0.25) is 9.80 Å². The quantitative estimate of drug-likeness (QED) is 0.0485. The van der Waals surface area contributed by atoms with Crippen molar-refractivity contribution in [3.05, 3.63) is 12.7 Å². The Morgan fingerprint density at radius 2 is 0.857 bits per heavy atom. The zero-order valence-electron chi connectivity index (χ0n) is 40.4. The van der Waals surface area contributed by atoms with Gasteiger partial charge in [-0.05, 0) is 159 Å². The second-order valence-electron chi connectivity index (χ2n) is 20.9. The van der Waals surface area contributed by atoms with E-state index in [1.165, 1.54) is 70.3 Å². The highest BCUT2D eigenvalue weighted by molar-refractivity contribution is 6.85. The van der Waals surface area contributed by atoms with Crippen LogP contribution in [0.5, 0.6) is 0 Å². The molecule has 2 aliphatic heterocycles. The summed E-state index contributed by atoms with van der Waals surface area (Å²) in [6.45, 7) is 33.7. The second-order valence-corrected chi connectivity index (χ2v) is 32.9. The number of hydrogen-bond donors (Lipinski definition) is 0. The third kappa shape index (κ3) is 19.6. The van der Waals surface area contributed by atoms with E-state index >= 15 is 0 Å². The first-order valence-corrected chi connectivity index (χ1v) is 30.7. The summed E-state index contributed by atoms with van der Waals surface area (Å²) in [6.07, 6.45) is 21.3. The topological polar surface area (TPSA) is 61.9 Å². The van der Waals surface area contributed by atoms with Gasteiger partial charge in [-0.25, -0.2) is 0 Å². The summed E-state index contributed by atoms with van der Waals surface area (Å²) in [5.74, 6) is 0. The first-order chi connectivity index (χ1) is 25.8. The third-order valence-electron chi connectivity index (χ3n) is 13.2. The van der Waals surface area contributed by atoms with Crippen molar-refractivity contribution in [2.24, 2.45) is 0 Å². The zero-order chi connectivity index (χ0) is 42.9. The Morgan fingerprint density at radius 1 is 0.518 bits per heavy atom. The molecule has 0 amide bonds. The van der Waals surface area contributed by atoms with E-state index in [0.717, 1.165) is 57.4 Å². The van der Waals surface area contributed by atoms with Crippen molar-refractivity contribution in [2.75, 3.05) is 48.6 Å². The molecule has 0 radical (unpaired) electrons. The van der Waals surface area contributed by atoms with Gasteiger partial charge in [0.2, 0.25) is 0 Å². The van der Waals surface area contributed by atoms with E-state index in [1.54, 1.807) is 21.3 Å². The van der Waals surface area contributed by atoms with E-state index in [9.17, 15) is 0 Å². The molecule has 2 heterocycles. The van der Waals surface area contributed by atoms with Crippen molar-refractivity contribution in [2.45, 2.75) is 230 Å². The van der Waals surface area contributed by atoms with Gasteiger partial charge in [0.1, 0.15) is 0 Å². The van der Waals surface area contributed by atoms with Gasteiger partial charge in [-0.2, -0.15) is 0 Å². The minimum atomic E-state index is -2.52. The Morgan fingerprint density at radius 3 is 1.23 bits per heavy atom. The molecule has 56 heavy (non-hydrogen) atoms. The lowest BCUT2D eigenvalue weighted by molar-refractivity contribution is -0.0922. The number of rotatable bonds is 26. The average Bonchev–Trinajstić information content (AvgIpc) is 3.08. The van der Waals surface area contributed by atoms with E-state index in [4.69, 9.17) is 26.9 Å². The molecule has 11 heteroatoms. The van der Waals surface area contributed by atoms with Crippen molar-refractivity contribution in [3.63, 3.8) is 0 Å². The van der Waals surface area contributed by atoms with Crippen molar-refractivity contribution in [1.29, 1.82) is 0 Å². The summed E-state index contributed by atoms with van der Waals surface area (Å²) in [5.41, 5.74) is 0.872. The second kappa shape index (κ2) is 24.5. The lowest BCUT2D eigenvalue weighted by Gasteiger charge is -2.53. The SMILES string of the molecule is C=CCCCCCCOC1CC(C)(C)N(C)C(C)(C)C1.CO[Si](CC[Si](C)(C)O[Si](C)(C)CCCCCCCCOC1CC(C)(C)N(C)C(C)(C)C1)(OC)OC. The maximum atomic E-state index is 6.82. The van der Waals surface area contributed by atoms with Gasteiger partial charge in [-0.15, -0.1) is 6.58 Å². The third-order valence-corrected chi connectivity index (χ3v) is 23.9. The summed E-state index contributed by atoms with van der Waals surface area (Å²) in [6, 6.07) is 3.09. The number of likely N-dealkylation sites (tertiary alicyclic amines) is 2. The fourth-order valence-electron chi connectivity index (χ4n) is 9.26. The van der Waals surface area contributed by atoms with Gasteiger partial charge in [0.25, 0.3) is 0 Å². The molecule has 0 spiro atoms. The van der Waals surface area contributed by atoms with Crippen LogP contribution in [-0.4, -0.2) is 118 Å². The molecule has 0 aromatic heterocycles. The summed E-state index contributed by atoms with van der Waals surface area (Å²) in [5, 5.41) is 0. The van der Waals surface area contributed by atoms with Crippen LogP contribution >= 0.6 is 0 Å². The van der Waals surface area contributed by atoms with Gasteiger partial charge in [0.15, 0.2) is 16.6 Å². The highest BCUT2D eigenvalue weighted by atomic mass is 28.4. The molecule has 334 valence electrons. The largest absolute Gasteiger partial charge is 0.499 e. The molecule has 0 bridgehead atoms. The standard InChI is InChI=1S/C27H61NO5Si3.C18H35NO/c1-26(2)23-25(24-27(3,4)28(26)5)32-19-17-15-13-14-16-18-20-34(9,10)33-35(11,12)21-22-36(29-6,30-7)31-8;1-7-8-9-10-11-12-13-20-16-14-17(2,3)19(6)18(4,5)15-16/h25H,13-24H2,1-12H3;7,16H,1,8-15H2,2-6H3. The molecule has 0 N–H and O–H groups in total. The lowest BCUT2D eigenvalue weighted by atomic mass is 9.79. The van der Waals surface area contributed by atoms with Gasteiger partial charge >= 0.3 is 8.80 Å². The molecule has 8 nitrogen and oxygen atoms in total. The molecule has 0 saturated carbocycles. The molecule has 2 saturated heterocycles. The Balaban J connectivity index is 0.000000660. The van der Waals surface area contributed by atoms with Crippen molar-refractivity contribution in [1.82, 2.24) is 9.80 Å². The van der Waals surface area contributed by atoms with E-state index in [1.807, 2.05) is 6.08 Å². The van der Waals surface area contributed by atoms with Crippen LogP contribution in [0.2, 0.25) is 44.3 Å². The van der Waals surface area contributed by atoms with Gasteiger partial charge in [0, 0.05) is 62.7 Å². The normalized spacial score (nSPS) is 20.8. The number of piperidine rings is 2. The Kier molecular flexibility index (Phi) is 23.7. The molecular weight excluding hydrogens is 749 g/mol. The lowest BCUT2D eigenvalue weighted by Crippen LogP contribution is -2.60. The average molecular weight is 846 g/mol. The fourth-order valence-corrected chi connectivity index (χ4v) is 21.9. The van der Waals surface area contributed by atoms with Crippen LogP contribution in [0.15, 0.2) is 12.7 Å². The zero-order valence-corrected chi connectivity index (χ0v) is 43.4. The van der Waals surface area contributed by atoms with Crippen LogP contribution in [0, 0.1) is 0 Å². The Hall–Kier alpha value is 0.0706. The molecule has 0 aromatic carbocycles. The number of allylic oxidation sites excluding steroid dienone is 1. The van der Waals surface area contributed by atoms with E-state index in [-0.39, 0.29) is 22.2 Å². The maximum Gasteiger partial charge on any atom is 0.499 e. The summed E-state index contributed by atoms with van der Waals surface area (Å²) in [7, 11) is 3.61. The first-order valence-electron chi connectivity index (χ1n) is 22.5. The molecule has 0 aromatic rings. The van der Waals surface area contributed by atoms with Gasteiger partial charge < -0.3 is 26.9 Å². The van der Waals surface area contributed by atoms with Gasteiger partial charge in [-0.1, -0.05) is 51.0 Å². The monoisotopic (exact) mass is 845 g/mol. The summed E-state index contributed by atoms with van der Waals surface area (Å²) < 4.78 is 36.1. The van der Waals surface area contributed by atoms with Gasteiger partial charge in [0.05, 0.1) is 12.2 Å². The predicted molar refractivity (Wildman–Crippen MR) is 248 cm³/mol. The Bertz CT molecular complexity index is 1040. The maximum absolute atomic E-state index is 6.82. The number of nitrogens with zero attached hydrogens (tertiary/aromatic N) is 2. The minimum Gasteiger partial charge on any atom is -0.456 e. The van der Waals surface area contributed by atoms with Crippen LogP contribution < -0.4 is 0 Å². The first kappa shape index (κ1) is 54.1. The minimum absolute atomic E-state index is 0.203. The van der Waals surface area contributed by atoms with Crippen LogP contribution in [0.1, 0.15) is 152 Å². The van der Waals surface area contributed by atoms with Crippen LogP contribution in [0.25, 0.3) is 0 Å². The van der Waals surface area contributed by atoms with Crippen molar-refractivity contribution < 1.29 is 26.9 Å². The van der Waals surface area contributed by atoms with Crippen LogP contribution in [0.3, 0.4) is 0 Å². The van der Waals surface area contributed by atoms with E-state index in [0.29, 0.717) is 12.2 Å². The molecule has 2 fully saturated rings. The highest BCUT2D eigenvalue weighted by Gasteiger charge is 2.45. The highest BCUT2D eigenvalue weighted by Crippen LogP contribution is 2.39.